The molecule has 0 bridgehead atoms. The number of hydrogen-bond acceptors (Lipinski definition) is 4. The van der Waals surface area contributed by atoms with Gasteiger partial charge in [-0.15, -0.1) is 10.2 Å². The Morgan fingerprint density at radius 3 is 2.45 bits per heavy atom. The maximum atomic E-state index is 13.4. The maximum Gasteiger partial charge on any atom is 0.233 e. The first-order valence-electron chi connectivity index (χ1n) is 10.3. The molecule has 164 valence electrons. The highest BCUT2D eigenvalue weighted by molar-refractivity contribution is 7.99. The number of hydrogen-bond donors (Lipinski definition) is 0. The molecule has 3 rings (SSSR count). The lowest BCUT2D eigenvalue weighted by molar-refractivity contribution is -0.128. The summed E-state index contributed by atoms with van der Waals surface area (Å²) < 4.78 is 15.3. The van der Waals surface area contributed by atoms with E-state index in [2.05, 4.69) is 55.2 Å². The van der Waals surface area contributed by atoms with Gasteiger partial charge in [-0.25, -0.2) is 4.39 Å². The van der Waals surface area contributed by atoms with Gasteiger partial charge in [0.1, 0.15) is 5.82 Å². The molecule has 0 atom stereocenters. The molecule has 2 aromatic carbocycles. The van der Waals surface area contributed by atoms with Crippen LogP contribution in [0.25, 0.3) is 11.4 Å². The molecule has 1 heterocycles. The molecule has 0 radical (unpaired) electrons. The van der Waals surface area contributed by atoms with Crippen molar-refractivity contribution in [3.05, 3.63) is 65.5 Å². The van der Waals surface area contributed by atoms with E-state index in [4.69, 9.17) is 0 Å². The predicted molar refractivity (Wildman–Crippen MR) is 123 cm³/mol. The molecule has 1 aromatic heterocycles. The Bertz CT molecular complexity index is 1040. The summed E-state index contributed by atoms with van der Waals surface area (Å²) in [4.78, 5) is 14.4. The quantitative estimate of drug-likeness (QED) is 0.482. The van der Waals surface area contributed by atoms with Gasteiger partial charge in [0.2, 0.25) is 5.91 Å². The number of nitrogens with zero attached hydrogens (tertiary/aromatic N) is 4. The fourth-order valence-corrected chi connectivity index (χ4v) is 4.07. The van der Waals surface area contributed by atoms with E-state index >= 15 is 0 Å². The number of carbonyl (C=O) groups excluding carboxylic acids is 1. The summed E-state index contributed by atoms with van der Waals surface area (Å²) in [7, 11) is 1.91. The van der Waals surface area contributed by atoms with Crippen LogP contribution < -0.4 is 0 Å². The van der Waals surface area contributed by atoms with Crippen LogP contribution in [0.1, 0.15) is 38.8 Å². The van der Waals surface area contributed by atoms with Crippen LogP contribution in [0.15, 0.2) is 53.7 Å². The summed E-state index contributed by atoms with van der Waals surface area (Å²) >= 11 is 1.36. The van der Waals surface area contributed by atoms with E-state index in [1.807, 2.05) is 24.6 Å². The summed E-state index contributed by atoms with van der Waals surface area (Å²) in [6.45, 7) is 9.42. The Labute approximate surface area is 187 Å². The number of thioether (sulfide) groups is 1. The van der Waals surface area contributed by atoms with E-state index in [9.17, 15) is 9.18 Å². The van der Waals surface area contributed by atoms with Gasteiger partial charge in [0, 0.05) is 25.7 Å². The summed E-state index contributed by atoms with van der Waals surface area (Å²) in [5.41, 5.74) is 3.12. The smallest absolute Gasteiger partial charge is 0.233 e. The molecule has 31 heavy (non-hydrogen) atoms. The molecule has 0 aliphatic heterocycles. The zero-order valence-electron chi connectivity index (χ0n) is 18.7. The highest BCUT2D eigenvalue weighted by Gasteiger charge is 2.18. The Morgan fingerprint density at radius 2 is 1.84 bits per heavy atom. The Balaban J connectivity index is 1.65. The molecular formula is C24H29FN4OS. The normalized spacial score (nSPS) is 11.5. The first-order valence-corrected chi connectivity index (χ1v) is 11.3. The van der Waals surface area contributed by atoms with Crippen LogP contribution in [0.2, 0.25) is 0 Å². The van der Waals surface area contributed by atoms with Crippen LogP contribution in [0.4, 0.5) is 4.39 Å². The first kappa shape index (κ1) is 23.0. The van der Waals surface area contributed by atoms with Crippen molar-refractivity contribution in [3.63, 3.8) is 0 Å². The highest BCUT2D eigenvalue weighted by Crippen LogP contribution is 2.27. The van der Waals surface area contributed by atoms with Crippen LogP contribution in [-0.2, 0) is 23.8 Å². The molecule has 0 aliphatic rings. The second-order valence-electron chi connectivity index (χ2n) is 8.52. The molecule has 3 aromatic rings. The number of carbonyl (C=O) groups is 1. The fourth-order valence-electron chi connectivity index (χ4n) is 3.26. The van der Waals surface area contributed by atoms with Crippen molar-refractivity contribution in [1.82, 2.24) is 19.7 Å². The van der Waals surface area contributed by atoms with E-state index in [1.165, 1.54) is 29.5 Å². The van der Waals surface area contributed by atoms with Crippen molar-refractivity contribution in [2.24, 2.45) is 7.05 Å². The first-order chi connectivity index (χ1) is 14.7. The third-order valence-corrected chi connectivity index (χ3v) is 6.17. The number of aromatic nitrogens is 3. The number of halogens is 1. The van der Waals surface area contributed by atoms with Gasteiger partial charge >= 0.3 is 0 Å². The lowest BCUT2D eigenvalue weighted by Gasteiger charge is -2.20. The van der Waals surface area contributed by atoms with Crippen LogP contribution in [0, 0.1) is 5.82 Å². The lowest BCUT2D eigenvalue weighted by Crippen LogP contribution is -2.31. The van der Waals surface area contributed by atoms with Crippen LogP contribution in [0.5, 0.6) is 0 Å². The molecule has 5 nitrogen and oxygen atoms in total. The molecule has 0 saturated carbocycles. The van der Waals surface area contributed by atoms with E-state index in [0.29, 0.717) is 18.2 Å². The Kier molecular flexibility index (Phi) is 7.15. The van der Waals surface area contributed by atoms with Crippen molar-refractivity contribution in [2.75, 3.05) is 12.3 Å². The monoisotopic (exact) mass is 440 g/mol. The van der Waals surface area contributed by atoms with Gasteiger partial charge < -0.3 is 9.47 Å². The standard InChI is InChI=1S/C24H29FN4OS/c1-6-29(15-17-8-7-9-20(25)14-17)21(30)16-31-23-27-26-22(28(23)5)18-10-12-19(13-11-18)24(2,3)4/h7-14H,6,15-16H2,1-5H3. The van der Waals surface area contributed by atoms with E-state index in [-0.39, 0.29) is 22.9 Å². The summed E-state index contributed by atoms with van der Waals surface area (Å²) in [6.07, 6.45) is 0. The van der Waals surface area contributed by atoms with Crippen LogP contribution in [0.3, 0.4) is 0 Å². The van der Waals surface area contributed by atoms with E-state index in [1.54, 1.807) is 11.0 Å². The van der Waals surface area contributed by atoms with Crippen molar-refractivity contribution in [2.45, 2.75) is 44.8 Å². The molecule has 0 spiro atoms. The van der Waals surface area contributed by atoms with Gasteiger partial charge in [0.15, 0.2) is 11.0 Å². The zero-order chi connectivity index (χ0) is 22.6. The Hall–Kier alpha value is -2.67. The minimum absolute atomic E-state index is 0.0177. The van der Waals surface area contributed by atoms with Crippen molar-refractivity contribution < 1.29 is 9.18 Å². The lowest BCUT2D eigenvalue weighted by atomic mass is 9.87. The number of benzene rings is 2. The van der Waals surface area contributed by atoms with E-state index < -0.39 is 0 Å². The van der Waals surface area contributed by atoms with Gasteiger partial charge in [-0.05, 0) is 35.6 Å². The SMILES string of the molecule is CCN(Cc1cccc(F)c1)C(=O)CSc1nnc(-c2ccc(C(C)(C)C)cc2)n1C. The van der Waals surface area contributed by atoms with Gasteiger partial charge in [0.25, 0.3) is 0 Å². The summed E-state index contributed by atoms with van der Waals surface area (Å²) in [6, 6.07) is 14.7. The molecule has 0 aliphatic carbocycles. The minimum Gasteiger partial charge on any atom is -0.338 e. The molecular weight excluding hydrogens is 411 g/mol. The molecule has 0 N–H and O–H groups in total. The molecule has 1 amide bonds. The average molecular weight is 441 g/mol. The fraction of sp³-hybridized carbons (Fsp3) is 0.375. The van der Waals surface area contributed by atoms with Crippen molar-refractivity contribution in [3.8, 4) is 11.4 Å². The van der Waals surface area contributed by atoms with E-state index in [0.717, 1.165) is 17.0 Å². The molecule has 0 unspecified atom stereocenters. The molecule has 7 heteroatoms. The molecule has 0 saturated heterocycles. The summed E-state index contributed by atoms with van der Waals surface area (Å²) in [5.74, 6) is 0.703. The van der Waals surface area contributed by atoms with Gasteiger partial charge in [-0.3, -0.25) is 4.79 Å². The second-order valence-corrected chi connectivity index (χ2v) is 9.46. The average Bonchev–Trinajstić information content (AvgIpc) is 3.10. The third kappa shape index (κ3) is 5.73. The largest absolute Gasteiger partial charge is 0.338 e. The van der Waals surface area contributed by atoms with Gasteiger partial charge in [-0.2, -0.15) is 0 Å². The third-order valence-electron chi connectivity index (χ3n) is 5.17. The molecule has 0 fully saturated rings. The van der Waals surface area contributed by atoms with Crippen molar-refractivity contribution in [1.29, 1.82) is 0 Å². The maximum absolute atomic E-state index is 13.4. The number of rotatable bonds is 7. The topological polar surface area (TPSA) is 51.0 Å². The zero-order valence-corrected chi connectivity index (χ0v) is 19.5. The summed E-state index contributed by atoms with van der Waals surface area (Å²) in [5, 5.41) is 9.28. The highest BCUT2D eigenvalue weighted by atomic mass is 32.2. The predicted octanol–water partition coefficient (Wildman–Crippen LogP) is 5.06. The Morgan fingerprint density at radius 1 is 1.13 bits per heavy atom. The second kappa shape index (κ2) is 9.64. The van der Waals surface area contributed by atoms with Gasteiger partial charge in [-0.1, -0.05) is 68.9 Å². The minimum atomic E-state index is -0.294. The van der Waals surface area contributed by atoms with Gasteiger partial charge in [0.05, 0.1) is 5.75 Å². The van der Waals surface area contributed by atoms with Crippen LogP contribution in [-0.4, -0.2) is 37.9 Å². The van der Waals surface area contributed by atoms with Crippen molar-refractivity contribution >= 4 is 17.7 Å². The number of amides is 1. The van der Waals surface area contributed by atoms with Crippen LogP contribution >= 0.6 is 11.8 Å².